The predicted octanol–water partition coefficient (Wildman–Crippen LogP) is 2.33. The molecule has 0 saturated heterocycles. The van der Waals surface area contributed by atoms with Gasteiger partial charge in [-0.2, -0.15) is 0 Å². The molecule has 1 N–H and O–H groups in total. The van der Waals surface area contributed by atoms with Gasteiger partial charge < -0.3 is 5.11 Å². The minimum Gasteiger partial charge on any atom is -0.386 e. The number of aryl methyl sites for hydroxylation is 1. The first-order valence-electron chi connectivity index (χ1n) is 3.04. The maximum Gasteiger partial charge on any atom is 0.102 e. The maximum absolute atomic E-state index is 9.22. The van der Waals surface area contributed by atoms with Gasteiger partial charge >= 0.3 is 0 Å². The summed E-state index contributed by atoms with van der Waals surface area (Å²) in [5.74, 6) is 0.278. The van der Waals surface area contributed by atoms with E-state index in [0.717, 1.165) is 4.88 Å². The summed E-state index contributed by atoms with van der Waals surface area (Å²) < 4.78 is 0. The Morgan fingerprint density at radius 3 is 2.80 bits per heavy atom. The number of hydrogen-bond donors (Lipinski definition) is 1. The Morgan fingerprint density at radius 1 is 1.70 bits per heavy atom. The molecule has 0 bridgehead atoms. The van der Waals surface area contributed by atoms with Crippen molar-refractivity contribution in [2.75, 3.05) is 5.88 Å². The number of halogens is 1. The molecule has 0 amide bonds. The highest BCUT2D eigenvalue weighted by atomic mass is 35.5. The zero-order chi connectivity index (χ0) is 7.56. The summed E-state index contributed by atoms with van der Waals surface area (Å²) in [4.78, 5) is 2.16. The third-order valence-electron chi connectivity index (χ3n) is 1.24. The molecule has 0 aliphatic heterocycles. The molecule has 0 aromatic carbocycles. The van der Waals surface area contributed by atoms with Crippen LogP contribution < -0.4 is 0 Å². The van der Waals surface area contributed by atoms with Gasteiger partial charge in [-0.05, 0) is 19.1 Å². The van der Waals surface area contributed by atoms with Crippen LogP contribution in [0.15, 0.2) is 12.1 Å². The molecule has 1 atom stereocenters. The Labute approximate surface area is 69.3 Å². The van der Waals surface area contributed by atoms with E-state index in [4.69, 9.17) is 11.6 Å². The molecule has 0 aliphatic carbocycles. The minimum absolute atomic E-state index is 0.278. The number of hydrogen-bond acceptors (Lipinski definition) is 2. The highest BCUT2D eigenvalue weighted by molar-refractivity contribution is 7.12. The van der Waals surface area contributed by atoms with Crippen molar-refractivity contribution in [2.45, 2.75) is 13.0 Å². The highest BCUT2D eigenvalue weighted by Crippen LogP contribution is 2.22. The Kier molecular flexibility index (Phi) is 2.72. The van der Waals surface area contributed by atoms with E-state index in [1.807, 2.05) is 19.1 Å². The van der Waals surface area contributed by atoms with Crippen LogP contribution in [0.2, 0.25) is 0 Å². The average molecular weight is 177 g/mol. The first kappa shape index (κ1) is 8.05. The molecule has 56 valence electrons. The van der Waals surface area contributed by atoms with Crippen LogP contribution in [0, 0.1) is 6.92 Å². The van der Waals surface area contributed by atoms with Crippen molar-refractivity contribution in [3.63, 3.8) is 0 Å². The zero-order valence-electron chi connectivity index (χ0n) is 5.67. The number of rotatable bonds is 2. The molecule has 10 heavy (non-hydrogen) atoms. The molecule has 1 nitrogen and oxygen atoms in total. The molecule has 0 saturated carbocycles. The van der Waals surface area contributed by atoms with Crippen LogP contribution in [0.1, 0.15) is 15.9 Å². The normalized spacial score (nSPS) is 13.5. The summed E-state index contributed by atoms with van der Waals surface area (Å²) in [7, 11) is 0. The van der Waals surface area contributed by atoms with E-state index >= 15 is 0 Å². The van der Waals surface area contributed by atoms with Gasteiger partial charge in [0.1, 0.15) is 6.10 Å². The van der Waals surface area contributed by atoms with E-state index in [0.29, 0.717) is 0 Å². The predicted molar refractivity (Wildman–Crippen MR) is 44.7 cm³/mol. The molecule has 1 aromatic rings. The first-order valence-corrected chi connectivity index (χ1v) is 4.39. The monoisotopic (exact) mass is 176 g/mol. The lowest BCUT2D eigenvalue weighted by Crippen LogP contribution is -1.93. The largest absolute Gasteiger partial charge is 0.386 e. The molecule has 1 aromatic heterocycles. The molecule has 3 heteroatoms. The van der Waals surface area contributed by atoms with Crippen LogP contribution in [0.4, 0.5) is 0 Å². The van der Waals surface area contributed by atoms with E-state index in [1.54, 1.807) is 11.3 Å². The van der Waals surface area contributed by atoms with Crippen LogP contribution in [-0.4, -0.2) is 11.0 Å². The van der Waals surface area contributed by atoms with Gasteiger partial charge in [-0.1, -0.05) is 0 Å². The van der Waals surface area contributed by atoms with Crippen LogP contribution in [-0.2, 0) is 0 Å². The van der Waals surface area contributed by atoms with Crippen LogP contribution >= 0.6 is 22.9 Å². The summed E-state index contributed by atoms with van der Waals surface area (Å²) >= 11 is 7.04. The molecule has 0 fully saturated rings. The quantitative estimate of drug-likeness (QED) is 0.686. The van der Waals surface area contributed by atoms with Crippen molar-refractivity contribution in [3.8, 4) is 0 Å². The van der Waals surface area contributed by atoms with E-state index in [1.165, 1.54) is 4.88 Å². The summed E-state index contributed by atoms with van der Waals surface area (Å²) in [5.41, 5.74) is 0. The molecule has 0 spiro atoms. The summed E-state index contributed by atoms with van der Waals surface area (Å²) in [6.45, 7) is 2.01. The van der Waals surface area contributed by atoms with E-state index in [2.05, 4.69) is 0 Å². The number of aliphatic hydroxyl groups excluding tert-OH is 1. The van der Waals surface area contributed by atoms with E-state index in [9.17, 15) is 5.11 Å². The summed E-state index contributed by atoms with van der Waals surface area (Å²) in [5, 5.41) is 9.22. The van der Waals surface area contributed by atoms with Crippen LogP contribution in [0.25, 0.3) is 0 Å². The Hall–Kier alpha value is -0.0500. The molecule has 0 radical (unpaired) electrons. The van der Waals surface area contributed by atoms with E-state index < -0.39 is 6.10 Å². The smallest absolute Gasteiger partial charge is 0.102 e. The van der Waals surface area contributed by atoms with Crippen molar-refractivity contribution >= 4 is 22.9 Å². The first-order chi connectivity index (χ1) is 4.74. The van der Waals surface area contributed by atoms with Gasteiger partial charge in [-0.25, -0.2) is 0 Å². The Balaban J connectivity index is 2.74. The molecular formula is C7H9ClOS. The van der Waals surface area contributed by atoms with Crippen molar-refractivity contribution in [1.29, 1.82) is 0 Å². The zero-order valence-corrected chi connectivity index (χ0v) is 7.25. The van der Waals surface area contributed by atoms with Crippen LogP contribution in [0.5, 0.6) is 0 Å². The summed E-state index contributed by atoms with van der Waals surface area (Å²) in [6, 6.07) is 3.89. The fourth-order valence-electron chi connectivity index (χ4n) is 0.709. The SMILES string of the molecule is Cc1ccc([C@H](O)CCl)s1. The number of aliphatic hydroxyl groups is 1. The second-order valence-electron chi connectivity index (χ2n) is 2.12. The fourth-order valence-corrected chi connectivity index (χ4v) is 1.83. The summed E-state index contributed by atoms with van der Waals surface area (Å²) in [6.07, 6.45) is -0.486. The van der Waals surface area contributed by atoms with Crippen molar-refractivity contribution < 1.29 is 5.11 Å². The fraction of sp³-hybridized carbons (Fsp3) is 0.429. The second kappa shape index (κ2) is 3.37. The Bertz CT molecular complexity index is 209. The lowest BCUT2D eigenvalue weighted by Gasteiger charge is -2.00. The highest BCUT2D eigenvalue weighted by Gasteiger charge is 2.06. The van der Waals surface area contributed by atoms with Gasteiger partial charge in [-0.15, -0.1) is 22.9 Å². The third-order valence-corrected chi connectivity index (χ3v) is 2.63. The third kappa shape index (κ3) is 1.72. The minimum atomic E-state index is -0.486. The van der Waals surface area contributed by atoms with Gasteiger partial charge in [0.05, 0.1) is 5.88 Å². The van der Waals surface area contributed by atoms with Crippen molar-refractivity contribution in [1.82, 2.24) is 0 Å². The van der Waals surface area contributed by atoms with Gasteiger partial charge in [-0.3, -0.25) is 0 Å². The van der Waals surface area contributed by atoms with Gasteiger partial charge in [0.2, 0.25) is 0 Å². The van der Waals surface area contributed by atoms with Gasteiger partial charge in [0.15, 0.2) is 0 Å². The lowest BCUT2D eigenvalue weighted by molar-refractivity contribution is 0.206. The van der Waals surface area contributed by atoms with Crippen molar-refractivity contribution in [3.05, 3.63) is 21.9 Å². The molecule has 1 heterocycles. The number of thiophene rings is 1. The topological polar surface area (TPSA) is 20.2 Å². The maximum atomic E-state index is 9.22. The molecule has 0 unspecified atom stereocenters. The lowest BCUT2D eigenvalue weighted by atomic mass is 10.3. The van der Waals surface area contributed by atoms with Crippen LogP contribution in [0.3, 0.4) is 0 Å². The Morgan fingerprint density at radius 2 is 2.40 bits per heavy atom. The number of alkyl halides is 1. The van der Waals surface area contributed by atoms with E-state index in [-0.39, 0.29) is 5.88 Å². The van der Waals surface area contributed by atoms with Gasteiger partial charge in [0, 0.05) is 9.75 Å². The standard InChI is InChI=1S/C7H9ClOS/c1-5-2-3-7(10-5)6(9)4-8/h2-3,6,9H,4H2,1H3/t6-/m1/s1. The van der Waals surface area contributed by atoms with Gasteiger partial charge in [0.25, 0.3) is 0 Å². The second-order valence-corrected chi connectivity index (χ2v) is 3.75. The average Bonchev–Trinajstić information content (AvgIpc) is 2.34. The molecule has 0 aliphatic rings. The molecule has 1 rings (SSSR count). The molecular weight excluding hydrogens is 168 g/mol. The van der Waals surface area contributed by atoms with Crippen molar-refractivity contribution in [2.24, 2.45) is 0 Å².